The monoisotopic (exact) mass is 367 g/mol. The van der Waals surface area contributed by atoms with Gasteiger partial charge in [0.25, 0.3) is 10.0 Å². The number of nitrogens with zero attached hydrogens (tertiary/aromatic N) is 1. The fraction of sp³-hybridized carbons (Fsp3) is 0.615. The van der Waals surface area contributed by atoms with Gasteiger partial charge in [-0.05, 0) is 38.3 Å². The van der Waals surface area contributed by atoms with E-state index in [4.69, 9.17) is 0 Å². The molecule has 1 aliphatic heterocycles. The Bertz CT molecular complexity index is 577. The maximum Gasteiger partial charge on any atom is 0.250 e. The van der Waals surface area contributed by atoms with E-state index in [-0.39, 0.29) is 28.6 Å². The van der Waals surface area contributed by atoms with Gasteiger partial charge in [-0.2, -0.15) is 4.72 Å². The minimum atomic E-state index is -3.62. The van der Waals surface area contributed by atoms with Gasteiger partial charge in [0.05, 0.1) is 6.04 Å². The molecular formula is C13H22ClN3O3S2. The molecule has 1 amide bonds. The molecule has 0 saturated carbocycles. The van der Waals surface area contributed by atoms with E-state index in [2.05, 4.69) is 10.0 Å². The molecule has 0 aliphatic carbocycles. The average molecular weight is 368 g/mol. The summed E-state index contributed by atoms with van der Waals surface area (Å²) in [5.41, 5.74) is 0. The molecule has 1 aromatic rings. The third kappa shape index (κ3) is 4.42. The van der Waals surface area contributed by atoms with Crippen LogP contribution < -0.4 is 10.0 Å². The molecule has 0 radical (unpaired) electrons. The van der Waals surface area contributed by atoms with E-state index in [1.807, 2.05) is 7.05 Å². The smallest absolute Gasteiger partial charge is 0.250 e. The second-order valence-electron chi connectivity index (χ2n) is 5.16. The molecule has 1 saturated heterocycles. The Hall–Kier alpha value is -0.670. The van der Waals surface area contributed by atoms with Crippen LogP contribution in [0.4, 0.5) is 0 Å². The number of sulfonamides is 1. The van der Waals surface area contributed by atoms with Crippen molar-refractivity contribution in [2.45, 2.75) is 36.1 Å². The highest BCUT2D eigenvalue weighted by molar-refractivity contribution is 7.91. The molecule has 1 fully saturated rings. The van der Waals surface area contributed by atoms with E-state index in [1.165, 1.54) is 6.07 Å². The summed E-state index contributed by atoms with van der Waals surface area (Å²) < 4.78 is 27.0. The maximum absolute atomic E-state index is 12.5. The quantitative estimate of drug-likeness (QED) is 0.787. The van der Waals surface area contributed by atoms with Crippen molar-refractivity contribution < 1.29 is 13.2 Å². The molecule has 1 aromatic heterocycles. The van der Waals surface area contributed by atoms with Gasteiger partial charge in [-0.15, -0.1) is 23.7 Å². The molecule has 0 bridgehead atoms. The zero-order chi connectivity index (χ0) is 15.5. The summed E-state index contributed by atoms with van der Waals surface area (Å²) >= 11 is 1.14. The van der Waals surface area contributed by atoms with E-state index >= 15 is 0 Å². The fourth-order valence-corrected chi connectivity index (χ4v) is 4.79. The summed E-state index contributed by atoms with van der Waals surface area (Å²) in [4.78, 5) is 14.2. The van der Waals surface area contributed by atoms with Crippen molar-refractivity contribution in [3.63, 3.8) is 0 Å². The SMILES string of the molecule is CNCC1CCCN1C(=O)C(C)NS(=O)(=O)c1cccs1.Cl. The highest BCUT2D eigenvalue weighted by Gasteiger charge is 2.32. The van der Waals surface area contributed by atoms with E-state index in [1.54, 1.807) is 23.3 Å². The minimum Gasteiger partial charge on any atom is -0.337 e. The highest BCUT2D eigenvalue weighted by atomic mass is 35.5. The number of carbonyl (C=O) groups is 1. The molecule has 0 aromatic carbocycles. The number of halogens is 1. The summed E-state index contributed by atoms with van der Waals surface area (Å²) in [6.07, 6.45) is 1.92. The first-order valence-electron chi connectivity index (χ1n) is 6.96. The fourth-order valence-electron chi connectivity index (χ4n) is 2.58. The first-order valence-corrected chi connectivity index (χ1v) is 9.33. The van der Waals surface area contributed by atoms with E-state index in [0.717, 1.165) is 30.7 Å². The number of nitrogens with one attached hydrogen (secondary N) is 2. The lowest BCUT2D eigenvalue weighted by Crippen LogP contribution is -2.50. The molecule has 2 unspecified atom stereocenters. The standard InChI is InChI=1S/C13H21N3O3S2.ClH/c1-10(15-21(18,19)12-6-4-8-20-12)13(17)16-7-3-5-11(16)9-14-2;/h4,6,8,10-11,14-15H,3,5,7,9H2,1-2H3;1H. The summed E-state index contributed by atoms with van der Waals surface area (Å²) in [5, 5.41) is 4.77. The van der Waals surface area contributed by atoms with Crippen molar-refractivity contribution in [3.8, 4) is 0 Å². The molecule has 2 N–H and O–H groups in total. The number of carbonyl (C=O) groups excluding carboxylic acids is 1. The van der Waals surface area contributed by atoms with Crippen LogP contribution >= 0.6 is 23.7 Å². The van der Waals surface area contributed by atoms with Crippen molar-refractivity contribution in [2.75, 3.05) is 20.1 Å². The topological polar surface area (TPSA) is 78.5 Å². The summed E-state index contributed by atoms with van der Waals surface area (Å²) in [7, 11) is -1.76. The number of likely N-dealkylation sites (tertiary alicyclic amines) is 1. The van der Waals surface area contributed by atoms with Crippen LogP contribution in [0.15, 0.2) is 21.7 Å². The van der Waals surface area contributed by atoms with Crippen LogP contribution in [-0.2, 0) is 14.8 Å². The van der Waals surface area contributed by atoms with Crippen LogP contribution in [0.5, 0.6) is 0 Å². The lowest BCUT2D eigenvalue weighted by Gasteiger charge is -2.27. The summed E-state index contributed by atoms with van der Waals surface area (Å²) in [6.45, 7) is 3.02. The Kier molecular flexibility index (Phi) is 7.27. The van der Waals surface area contributed by atoms with Crippen LogP contribution in [0.25, 0.3) is 0 Å². The predicted octanol–water partition coefficient (Wildman–Crippen LogP) is 1.05. The van der Waals surface area contributed by atoms with Crippen LogP contribution in [0, 0.1) is 0 Å². The Morgan fingerprint density at radius 2 is 2.27 bits per heavy atom. The molecule has 2 atom stereocenters. The number of likely N-dealkylation sites (N-methyl/N-ethyl adjacent to an activating group) is 1. The zero-order valence-corrected chi connectivity index (χ0v) is 15.1. The molecule has 6 nitrogen and oxygen atoms in total. The molecule has 2 heterocycles. The van der Waals surface area contributed by atoms with Gasteiger partial charge in [0, 0.05) is 19.1 Å². The zero-order valence-electron chi connectivity index (χ0n) is 12.6. The molecule has 1 aliphatic rings. The van der Waals surface area contributed by atoms with Gasteiger partial charge in [-0.3, -0.25) is 4.79 Å². The van der Waals surface area contributed by atoms with Crippen LogP contribution in [-0.4, -0.2) is 51.4 Å². The van der Waals surface area contributed by atoms with Crippen LogP contribution in [0.2, 0.25) is 0 Å². The Balaban J connectivity index is 0.00000242. The number of thiophene rings is 1. The third-order valence-corrected chi connectivity index (χ3v) is 6.50. The highest BCUT2D eigenvalue weighted by Crippen LogP contribution is 2.19. The molecule has 22 heavy (non-hydrogen) atoms. The van der Waals surface area contributed by atoms with Gasteiger partial charge in [-0.25, -0.2) is 8.42 Å². The largest absolute Gasteiger partial charge is 0.337 e. The first-order chi connectivity index (χ1) is 9.95. The predicted molar refractivity (Wildman–Crippen MR) is 90.0 cm³/mol. The Labute approximate surface area is 141 Å². The van der Waals surface area contributed by atoms with Gasteiger partial charge >= 0.3 is 0 Å². The van der Waals surface area contributed by atoms with Crippen molar-refractivity contribution in [2.24, 2.45) is 0 Å². The van der Waals surface area contributed by atoms with Crippen molar-refractivity contribution in [1.29, 1.82) is 0 Å². The van der Waals surface area contributed by atoms with Crippen molar-refractivity contribution in [3.05, 3.63) is 17.5 Å². The molecule has 126 valence electrons. The average Bonchev–Trinajstić information content (AvgIpc) is 3.09. The Morgan fingerprint density at radius 3 is 2.86 bits per heavy atom. The molecular weight excluding hydrogens is 346 g/mol. The van der Waals surface area contributed by atoms with Gasteiger partial charge in [0.2, 0.25) is 5.91 Å². The van der Waals surface area contributed by atoms with E-state index < -0.39 is 16.1 Å². The summed E-state index contributed by atoms with van der Waals surface area (Å²) in [5.74, 6) is -0.159. The molecule has 2 rings (SSSR count). The number of amides is 1. The van der Waals surface area contributed by atoms with Gasteiger partial charge in [-0.1, -0.05) is 6.07 Å². The number of hydrogen-bond acceptors (Lipinski definition) is 5. The second kappa shape index (κ2) is 8.26. The van der Waals surface area contributed by atoms with Crippen molar-refractivity contribution >= 4 is 39.7 Å². The van der Waals surface area contributed by atoms with E-state index in [9.17, 15) is 13.2 Å². The lowest BCUT2D eigenvalue weighted by atomic mass is 10.2. The van der Waals surface area contributed by atoms with Crippen LogP contribution in [0.1, 0.15) is 19.8 Å². The maximum atomic E-state index is 12.5. The van der Waals surface area contributed by atoms with Gasteiger partial charge in [0.1, 0.15) is 4.21 Å². The second-order valence-corrected chi connectivity index (χ2v) is 8.05. The normalized spacial score (nSPS) is 19.7. The van der Waals surface area contributed by atoms with E-state index in [0.29, 0.717) is 6.54 Å². The molecule has 9 heteroatoms. The first kappa shape index (κ1) is 19.4. The molecule has 0 spiro atoms. The van der Waals surface area contributed by atoms with Gasteiger partial charge in [0.15, 0.2) is 0 Å². The number of hydrogen-bond donors (Lipinski definition) is 2. The van der Waals surface area contributed by atoms with Crippen LogP contribution in [0.3, 0.4) is 0 Å². The minimum absolute atomic E-state index is 0. The third-order valence-electron chi connectivity index (χ3n) is 3.56. The van der Waals surface area contributed by atoms with Gasteiger partial charge < -0.3 is 10.2 Å². The lowest BCUT2D eigenvalue weighted by molar-refractivity contribution is -0.133. The Morgan fingerprint density at radius 1 is 1.55 bits per heavy atom. The number of rotatable bonds is 6. The van der Waals surface area contributed by atoms with Crippen molar-refractivity contribution in [1.82, 2.24) is 14.9 Å². The summed E-state index contributed by atoms with van der Waals surface area (Å²) in [6, 6.07) is 2.60.